The van der Waals surface area contributed by atoms with Crippen LogP contribution in [0.5, 0.6) is 0 Å². The first-order valence-corrected chi connectivity index (χ1v) is 2.69. The lowest BCUT2D eigenvalue weighted by Gasteiger charge is -1.89. The molecule has 1 aromatic heterocycles. The molecule has 46 valence electrons. The highest BCUT2D eigenvalue weighted by Crippen LogP contribution is 1.94. The van der Waals surface area contributed by atoms with E-state index in [0.717, 1.165) is 0 Å². The van der Waals surface area contributed by atoms with Gasteiger partial charge in [0, 0.05) is 6.20 Å². The van der Waals surface area contributed by atoms with Crippen LogP contribution in [0.2, 0.25) is 0 Å². The molecule has 1 rings (SSSR count). The Morgan fingerprint density at radius 1 is 1.67 bits per heavy atom. The quantitative estimate of drug-likeness (QED) is 0.594. The number of aromatic nitrogens is 2. The van der Waals surface area contributed by atoms with Gasteiger partial charge in [0.2, 0.25) is 0 Å². The van der Waals surface area contributed by atoms with Crippen molar-refractivity contribution in [3.05, 3.63) is 24.3 Å². The van der Waals surface area contributed by atoms with Crippen molar-refractivity contribution < 1.29 is 0 Å². The molecule has 0 amide bonds. The first-order valence-electron chi connectivity index (χ1n) is 2.31. The van der Waals surface area contributed by atoms with Crippen molar-refractivity contribution in [1.82, 2.24) is 9.97 Å². The Bertz CT molecular complexity index is 209. The van der Waals surface area contributed by atoms with Crippen LogP contribution in [-0.4, -0.2) is 15.1 Å². The Balaban J connectivity index is 2.98. The van der Waals surface area contributed by atoms with Crippen molar-refractivity contribution in [3.8, 4) is 0 Å². The number of nitrogens with one attached hydrogen (secondary N) is 1. The van der Waals surface area contributed by atoms with E-state index in [9.17, 15) is 0 Å². The van der Waals surface area contributed by atoms with Crippen molar-refractivity contribution in [2.24, 2.45) is 0 Å². The summed E-state index contributed by atoms with van der Waals surface area (Å²) in [5.74, 6) is 0. The lowest BCUT2D eigenvalue weighted by Crippen LogP contribution is -1.92. The van der Waals surface area contributed by atoms with Crippen LogP contribution in [0.1, 0.15) is 5.69 Å². The first-order chi connectivity index (χ1) is 4.30. The molecular weight excluding hydrogens is 138 g/mol. The number of halogens is 1. The highest BCUT2D eigenvalue weighted by Gasteiger charge is 1.93. The third-order valence-corrected chi connectivity index (χ3v) is 1.00. The largest absolute Gasteiger partial charge is 0.287 e. The van der Waals surface area contributed by atoms with Crippen molar-refractivity contribution in [2.45, 2.75) is 0 Å². The van der Waals surface area contributed by atoms with E-state index in [0.29, 0.717) is 5.69 Å². The van der Waals surface area contributed by atoms with E-state index in [1.54, 1.807) is 12.3 Å². The molecule has 0 aliphatic carbocycles. The first kappa shape index (κ1) is 6.16. The van der Waals surface area contributed by atoms with E-state index in [1.165, 1.54) is 6.33 Å². The van der Waals surface area contributed by atoms with Crippen molar-refractivity contribution in [2.75, 3.05) is 0 Å². The Morgan fingerprint density at radius 3 is 2.78 bits per heavy atom. The van der Waals surface area contributed by atoms with Gasteiger partial charge in [0.05, 0.1) is 0 Å². The maximum atomic E-state index is 6.91. The third kappa shape index (κ3) is 1.47. The molecule has 1 heterocycles. The molecule has 0 aliphatic rings. The van der Waals surface area contributed by atoms with Crippen LogP contribution in [0.25, 0.3) is 0 Å². The average molecular weight is 142 g/mol. The highest BCUT2D eigenvalue weighted by atomic mass is 35.5. The third-order valence-electron chi connectivity index (χ3n) is 0.807. The van der Waals surface area contributed by atoms with Crippen LogP contribution in [0, 0.1) is 5.41 Å². The van der Waals surface area contributed by atoms with Crippen LogP contribution in [0.4, 0.5) is 0 Å². The Hall–Kier alpha value is -0.960. The molecule has 9 heavy (non-hydrogen) atoms. The molecule has 0 atom stereocenters. The SMILES string of the molecule is N=C(Cl)c1ccncn1. The number of rotatable bonds is 1. The van der Waals surface area contributed by atoms with E-state index < -0.39 is 0 Å². The fourth-order valence-corrected chi connectivity index (χ4v) is 0.532. The van der Waals surface area contributed by atoms with Crippen LogP contribution < -0.4 is 0 Å². The highest BCUT2D eigenvalue weighted by molar-refractivity contribution is 6.68. The molecule has 3 nitrogen and oxygen atoms in total. The lowest BCUT2D eigenvalue weighted by atomic mass is 10.4. The molecule has 0 spiro atoms. The Kier molecular flexibility index (Phi) is 1.75. The van der Waals surface area contributed by atoms with Gasteiger partial charge in [-0.15, -0.1) is 0 Å². The predicted molar refractivity (Wildman–Crippen MR) is 34.7 cm³/mol. The van der Waals surface area contributed by atoms with Crippen LogP contribution in [0.3, 0.4) is 0 Å². The van der Waals surface area contributed by atoms with Crippen LogP contribution in [-0.2, 0) is 0 Å². The Labute approximate surface area is 57.2 Å². The standard InChI is InChI=1S/C5H4ClN3/c6-5(7)4-1-2-8-3-9-4/h1-3,7H. The fourth-order valence-electron chi connectivity index (χ4n) is 0.421. The topological polar surface area (TPSA) is 49.6 Å². The average Bonchev–Trinajstić information content (AvgIpc) is 1.90. The predicted octanol–water partition coefficient (Wildman–Crippen LogP) is 1.04. The number of hydrogen-bond acceptors (Lipinski definition) is 3. The van der Waals surface area contributed by atoms with Gasteiger partial charge in [0.25, 0.3) is 0 Å². The summed E-state index contributed by atoms with van der Waals surface area (Å²) in [6, 6.07) is 1.58. The van der Waals surface area contributed by atoms with Gasteiger partial charge < -0.3 is 0 Å². The maximum absolute atomic E-state index is 6.91. The maximum Gasteiger partial charge on any atom is 0.146 e. The fraction of sp³-hybridized carbons (Fsp3) is 0. The van der Waals surface area contributed by atoms with E-state index in [-0.39, 0.29) is 5.17 Å². The van der Waals surface area contributed by atoms with Gasteiger partial charge in [-0.1, -0.05) is 11.6 Å². The van der Waals surface area contributed by atoms with E-state index in [2.05, 4.69) is 9.97 Å². The zero-order valence-electron chi connectivity index (χ0n) is 4.50. The zero-order valence-corrected chi connectivity index (χ0v) is 5.26. The molecule has 0 saturated carbocycles. The summed E-state index contributed by atoms with van der Waals surface area (Å²) < 4.78 is 0. The van der Waals surface area contributed by atoms with Crippen LogP contribution in [0.15, 0.2) is 18.6 Å². The summed E-state index contributed by atoms with van der Waals surface area (Å²) in [7, 11) is 0. The lowest BCUT2D eigenvalue weighted by molar-refractivity contribution is 1.15. The minimum absolute atomic E-state index is 0.0580. The summed E-state index contributed by atoms with van der Waals surface area (Å²) in [5.41, 5.74) is 0.451. The number of hydrogen-bond donors (Lipinski definition) is 1. The normalized spacial score (nSPS) is 9.00. The van der Waals surface area contributed by atoms with Crippen molar-refractivity contribution in [1.29, 1.82) is 5.41 Å². The summed E-state index contributed by atoms with van der Waals surface area (Å²) in [5, 5.41) is 6.85. The second kappa shape index (κ2) is 2.55. The van der Waals surface area contributed by atoms with Crippen molar-refractivity contribution in [3.63, 3.8) is 0 Å². The summed E-state index contributed by atoms with van der Waals surface area (Å²) in [6.45, 7) is 0. The van der Waals surface area contributed by atoms with Gasteiger partial charge >= 0.3 is 0 Å². The molecule has 4 heteroatoms. The smallest absolute Gasteiger partial charge is 0.146 e. The van der Waals surface area contributed by atoms with Gasteiger partial charge in [-0.25, -0.2) is 9.97 Å². The van der Waals surface area contributed by atoms with E-state index in [4.69, 9.17) is 17.0 Å². The van der Waals surface area contributed by atoms with Crippen molar-refractivity contribution >= 4 is 16.8 Å². The molecule has 0 saturated heterocycles. The molecule has 0 fully saturated rings. The summed E-state index contributed by atoms with van der Waals surface area (Å²) in [6.07, 6.45) is 2.89. The summed E-state index contributed by atoms with van der Waals surface area (Å²) in [4.78, 5) is 7.37. The van der Waals surface area contributed by atoms with Gasteiger partial charge in [-0.3, -0.25) is 5.41 Å². The Morgan fingerprint density at radius 2 is 2.44 bits per heavy atom. The number of nitrogens with zero attached hydrogens (tertiary/aromatic N) is 2. The second-order valence-corrected chi connectivity index (χ2v) is 1.79. The molecule has 0 aromatic carbocycles. The van der Waals surface area contributed by atoms with Crippen LogP contribution >= 0.6 is 11.6 Å². The minimum atomic E-state index is -0.0580. The van der Waals surface area contributed by atoms with E-state index in [1.807, 2.05) is 0 Å². The van der Waals surface area contributed by atoms with Gasteiger partial charge in [0.15, 0.2) is 0 Å². The molecule has 1 N–H and O–H groups in total. The molecular formula is C5H4ClN3. The molecule has 0 aliphatic heterocycles. The molecule has 0 radical (unpaired) electrons. The van der Waals surface area contributed by atoms with Gasteiger partial charge in [0.1, 0.15) is 17.2 Å². The zero-order chi connectivity index (χ0) is 6.69. The van der Waals surface area contributed by atoms with Gasteiger partial charge in [-0.05, 0) is 6.07 Å². The minimum Gasteiger partial charge on any atom is -0.287 e. The molecule has 1 aromatic rings. The van der Waals surface area contributed by atoms with Gasteiger partial charge in [-0.2, -0.15) is 0 Å². The monoisotopic (exact) mass is 141 g/mol. The summed E-state index contributed by atoms with van der Waals surface area (Å²) >= 11 is 5.30. The molecule has 0 unspecified atom stereocenters. The molecule has 0 bridgehead atoms. The van der Waals surface area contributed by atoms with E-state index >= 15 is 0 Å². The second-order valence-electron chi connectivity index (χ2n) is 1.41.